The van der Waals surface area contributed by atoms with Gasteiger partial charge in [-0.25, -0.2) is 0 Å². The molecule has 1 aromatic rings. The first-order valence-corrected chi connectivity index (χ1v) is 5.53. The molecule has 0 bridgehead atoms. The van der Waals surface area contributed by atoms with Crippen LogP contribution >= 0.6 is 0 Å². The summed E-state index contributed by atoms with van der Waals surface area (Å²) in [5, 5.41) is 15.1. The number of nitrogens with one attached hydrogen (secondary N) is 2. The Kier molecular flexibility index (Phi) is 5.23. The van der Waals surface area contributed by atoms with Crippen LogP contribution in [0.5, 0.6) is 5.75 Å². The lowest BCUT2D eigenvalue weighted by Gasteiger charge is -2.14. The minimum atomic E-state index is -0.125. The topological polar surface area (TPSA) is 61.4 Å². The number of carbonyl (C=O) groups is 1. The highest BCUT2D eigenvalue weighted by Gasteiger charge is 2.09. The van der Waals surface area contributed by atoms with Crippen LogP contribution < -0.4 is 10.6 Å². The average Bonchev–Trinajstić information content (AvgIpc) is 2.29. The van der Waals surface area contributed by atoms with Crippen molar-refractivity contribution in [2.24, 2.45) is 0 Å². The van der Waals surface area contributed by atoms with Gasteiger partial charge in [-0.05, 0) is 24.6 Å². The molecule has 0 saturated carbocycles. The van der Waals surface area contributed by atoms with E-state index < -0.39 is 0 Å². The van der Waals surface area contributed by atoms with Crippen LogP contribution in [0.3, 0.4) is 0 Å². The Bertz CT molecular complexity index is 391. The van der Waals surface area contributed by atoms with E-state index in [9.17, 15) is 9.90 Å². The quantitative estimate of drug-likeness (QED) is 0.514. The molecule has 3 N–H and O–H groups in total. The van der Waals surface area contributed by atoms with Gasteiger partial charge >= 0.3 is 0 Å². The number of benzene rings is 1. The van der Waals surface area contributed by atoms with Crippen molar-refractivity contribution >= 4 is 5.91 Å². The molecule has 4 nitrogen and oxygen atoms in total. The molecule has 1 atom stereocenters. The first-order chi connectivity index (χ1) is 8.13. The van der Waals surface area contributed by atoms with Crippen LogP contribution in [0.25, 0.3) is 0 Å². The molecule has 1 rings (SSSR count). The summed E-state index contributed by atoms with van der Waals surface area (Å²) in [5.41, 5.74) is 0.877. The fourth-order valence-corrected chi connectivity index (χ4v) is 1.46. The SMILES string of the molecule is C=CCNCC(=O)NC(C)c1cccc(O)c1. The molecule has 92 valence electrons. The minimum Gasteiger partial charge on any atom is -0.508 e. The number of amides is 1. The Morgan fingerprint density at radius 2 is 2.35 bits per heavy atom. The van der Waals surface area contributed by atoms with Crippen LogP contribution in [0.15, 0.2) is 36.9 Å². The summed E-state index contributed by atoms with van der Waals surface area (Å²) in [7, 11) is 0. The first kappa shape index (κ1) is 13.3. The van der Waals surface area contributed by atoms with E-state index in [0.717, 1.165) is 5.56 Å². The molecule has 1 aromatic carbocycles. The molecule has 0 aliphatic rings. The number of phenolic OH excluding ortho intramolecular Hbond substituents is 1. The molecule has 4 heteroatoms. The predicted octanol–water partition coefficient (Wildman–Crippen LogP) is 1.34. The highest BCUT2D eigenvalue weighted by molar-refractivity contribution is 5.78. The van der Waals surface area contributed by atoms with E-state index in [1.165, 1.54) is 0 Å². The standard InChI is InChI=1S/C13H18N2O2/c1-3-7-14-9-13(17)15-10(2)11-5-4-6-12(16)8-11/h3-6,8,10,14,16H,1,7,9H2,2H3,(H,15,17). The van der Waals surface area contributed by atoms with Gasteiger partial charge in [0.1, 0.15) is 5.75 Å². The third-order valence-electron chi connectivity index (χ3n) is 2.32. The molecule has 0 radical (unpaired) electrons. The second kappa shape index (κ2) is 6.70. The monoisotopic (exact) mass is 234 g/mol. The van der Waals surface area contributed by atoms with E-state index >= 15 is 0 Å². The lowest BCUT2D eigenvalue weighted by molar-refractivity contribution is -0.120. The highest BCUT2D eigenvalue weighted by atomic mass is 16.3. The van der Waals surface area contributed by atoms with Crippen molar-refractivity contribution in [3.63, 3.8) is 0 Å². The van der Waals surface area contributed by atoms with Crippen molar-refractivity contribution in [1.82, 2.24) is 10.6 Å². The number of phenols is 1. The Balaban J connectivity index is 2.45. The molecule has 0 aromatic heterocycles. The number of hydrogen-bond acceptors (Lipinski definition) is 3. The Hall–Kier alpha value is -1.81. The van der Waals surface area contributed by atoms with E-state index in [0.29, 0.717) is 6.54 Å². The van der Waals surface area contributed by atoms with Crippen LogP contribution in [0.2, 0.25) is 0 Å². The molecule has 17 heavy (non-hydrogen) atoms. The molecule has 0 fully saturated rings. The van der Waals surface area contributed by atoms with Crippen molar-refractivity contribution < 1.29 is 9.90 Å². The molecule has 0 aliphatic carbocycles. The fourth-order valence-electron chi connectivity index (χ4n) is 1.46. The summed E-state index contributed by atoms with van der Waals surface area (Å²) in [6.07, 6.45) is 1.70. The van der Waals surface area contributed by atoms with Crippen molar-refractivity contribution in [3.8, 4) is 5.75 Å². The van der Waals surface area contributed by atoms with E-state index in [4.69, 9.17) is 0 Å². The predicted molar refractivity (Wildman–Crippen MR) is 67.7 cm³/mol. The molecular weight excluding hydrogens is 216 g/mol. The molecule has 1 amide bonds. The smallest absolute Gasteiger partial charge is 0.234 e. The molecule has 0 heterocycles. The zero-order valence-corrected chi connectivity index (χ0v) is 9.94. The zero-order chi connectivity index (χ0) is 12.7. The molecule has 0 saturated heterocycles. The number of hydrogen-bond donors (Lipinski definition) is 3. The maximum atomic E-state index is 11.5. The zero-order valence-electron chi connectivity index (χ0n) is 9.94. The van der Waals surface area contributed by atoms with Crippen LogP contribution in [0.4, 0.5) is 0 Å². The third kappa shape index (κ3) is 4.70. The maximum absolute atomic E-state index is 11.5. The van der Waals surface area contributed by atoms with Gasteiger partial charge in [0, 0.05) is 6.54 Å². The van der Waals surface area contributed by atoms with Crippen LogP contribution in [-0.4, -0.2) is 24.1 Å². The summed E-state index contributed by atoms with van der Waals surface area (Å²) >= 11 is 0. The van der Waals surface area contributed by atoms with Gasteiger partial charge < -0.3 is 15.7 Å². The van der Waals surface area contributed by atoms with Crippen molar-refractivity contribution in [2.75, 3.05) is 13.1 Å². The van der Waals surface area contributed by atoms with E-state index in [1.54, 1.807) is 24.3 Å². The van der Waals surface area contributed by atoms with E-state index in [-0.39, 0.29) is 24.2 Å². The number of carbonyl (C=O) groups excluding carboxylic acids is 1. The Morgan fingerprint density at radius 1 is 1.59 bits per heavy atom. The maximum Gasteiger partial charge on any atom is 0.234 e. The molecule has 0 spiro atoms. The minimum absolute atomic E-state index is 0.0808. The van der Waals surface area contributed by atoms with Gasteiger partial charge in [0.05, 0.1) is 12.6 Å². The van der Waals surface area contributed by atoms with Crippen molar-refractivity contribution in [2.45, 2.75) is 13.0 Å². The van der Waals surface area contributed by atoms with E-state index in [2.05, 4.69) is 17.2 Å². The third-order valence-corrected chi connectivity index (χ3v) is 2.32. The number of aromatic hydroxyl groups is 1. The normalized spacial score (nSPS) is 11.8. The van der Waals surface area contributed by atoms with Gasteiger partial charge in [0.2, 0.25) is 5.91 Å². The summed E-state index contributed by atoms with van der Waals surface area (Å²) < 4.78 is 0. The highest BCUT2D eigenvalue weighted by Crippen LogP contribution is 2.17. The Labute approximate surface area is 101 Å². The van der Waals surface area contributed by atoms with Crippen LogP contribution in [0, 0.1) is 0 Å². The average molecular weight is 234 g/mol. The van der Waals surface area contributed by atoms with E-state index in [1.807, 2.05) is 13.0 Å². The van der Waals surface area contributed by atoms with Gasteiger partial charge in [-0.15, -0.1) is 6.58 Å². The first-order valence-electron chi connectivity index (χ1n) is 5.53. The largest absolute Gasteiger partial charge is 0.508 e. The fraction of sp³-hybridized carbons (Fsp3) is 0.308. The molecule has 0 aliphatic heterocycles. The second-order valence-corrected chi connectivity index (χ2v) is 3.80. The summed E-state index contributed by atoms with van der Waals surface area (Å²) in [6.45, 7) is 6.29. The van der Waals surface area contributed by atoms with Crippen molar-refractivity contribution in [1.29, 1.82) is 0 Å². The lowest BCUT2D eigenvalue weighted by atomic mass is 10.1. The van der Waals surface area contributed by atoms with Gasteiger partial charge in [-0.3, -0.25) is 4.79 Å². The number of rotatable bonds is 6. The Morgan fingerprint density at radius 3 is 3.00 bits per heavy atom. The second-order valence-electron chi connectivity index (χ2n) is 3.80. The van der Waals surface area contributed by atoms with Gasteiger partial charge in [-0.1, -0.05) is 18.2 Å². The van der Waals surface area contributed by atoms with Crippen LogP contribution in [-0.2, 0) is 4.79 Å². The lowest BCUT2D eigenvalue weighted by Crippen LogP contribution is -2.35. The molecule has 1 unspecified atom stereocenters. The molecular formula is C13H18N2O2. The van der Waals surface area contributed by atoms with Crippen LogP contribution in [0.1, 0.15) is 18.5 Å². The van der Waals surface area contributed by atoms with Gasteiger partial charge in [-0.2, -0.15) is 0 Å². The summed E-state index contributed by atoms with van der Waals surface area (Å²) in [6, 6.07) is 6.73. The van der Waals surface area contributed by atoms with Gasteiger partial charge in [0.15, 0.2) is 0 Å². The summed E-state index contributed by atoms with van der Waals surface area (Å²) in [5.74, 6) is 0.121. The summed E-state index contributed by atoms with van der Waals surface area (Å²) in [4.78, 5) is 11.5. The van der Waals surface area contributed by atoms with Gasteiger partial charge in [0.25, 0.3) is 0 Å². The van der Waals surface area contributed by atoms with Crippen molar-refractivity contribution in [3.05, 3.63) is 42.5 Å².